The normalized spacial score (nSPS) is 20.0. The first-order chi connectivity index (χ1) is 14.7. The first-order valence-electron chi connectivity index (χ1n) is 9.95. The first-order valence-corrected chi connectivity index (χ1v) is 12.6. The molecule has 1 aliphatic rings. The molecule has 31 heavy (non-hydrogen) atoms. The van der Waals surface area contributed by atoms with Crippen LogP contribution in [0.5, 0.6) is 0 Å². The number of piperidine rings is 1. The van der Waals surface area contributed by atoms with Gasteiger partial charge in [-0.3, -0.25) is 15.6 Å². The zero-order valence-corrected chi connectivity index (χ0v) is 19.5. The van der Waals surface area contributed by atoms with Gasteiger partial charge in [-0.2, -0.15) is 4.31 Å². The number of carbonyl (C=O) groups excluding carboxylic acids is 1. The molecule has 2 heterocycles. The van der Waals surface area contributed by atoms with Crippen molar-refractivity contribution >= 4 is 54.2 Å². The van der Waals surface area contributed by atoms with Crippen LogP contribution in [-0.4, -0.2) is 36.7 Å². The second-order valence-corrected chi connectivity index (χ2v) is 11.4. The zero-order chi connectivity index (χ0) is 22.2. The van der Waals surface area contributed by atoms with Crippen LogP contribution >= 0.6 is 22.9 Å². The van der Waals surface area contributed by atoms with Gasteiger partial charge in [0.05, 0.1) is 15.1 Å². The SMILES string of the molecule is C[C@H]1C[C@H](C)CN(S(=O)(=O)c2ccc(C(=O)NNc3nc4ccc(Cl)cc4s3)cc2)C1. The van der Waals surface area contributed by atoms with E-state index in [1.165, 1.54) is 35.6 Å². The fraction of sp³-hybridized carbons (Fsp3) is 0.333. The second-order valence-electron chi connectivity index (χ2n) is 8.00. The van der Waals surface area contributed by atoms with Crippen LogP contribution in [0.3, 0.4) is 0 Å². The highest BCUT2D eigenvalue weighted by atomic mass is 35.5. The third-order valence-electron chi connectivity index (χ3n) is 5.22. The van der Waals surface area contributed by atoms with E-state index in [4.69, 9.17) is 11.6 Å². The highest BCUT2D eigenvalue weighted by molar-refractivity contribution is 7.89. The highest BCUT2D eigenvalue weighted by Gasteiger charge is 2.31. The van der Waals surface area contributed by atoms with Crippen LogP contribution in [0.25, 0.3) is 10.2 Å². The summed E-state index contributed by atoms with van der Waals surface area (Å²) in [6.07, 6.45) is 1.03. The number of aromatic nitrogens is 1. The van der Waals surface area contributed by atoms with Gasteiger partial charge < -0.3 is 0 Å². The maximum absolute atomic E-state index is 13.0. The summed E-state index contributed by atoms with van der Waals surface area (Å²) in [5.74, 6) is 0.267. The Labute approximate surface area is 190 Å². The summed E-state index contributed by atoms with van der Waals surface area (Å²) in [7, 11) is -3.58. The maximum Gasteiger partial charge on any atom is 0.269 e. The summed E-state index contributed by atoms with van der Waals surface area (Å²) in [6.45, 7) is 5.18. The Balaban J connectivity index is 1.42. The summed E-state index contributed by atoms with van der Waals surface area (Å²) in [5.41, 5.74) is 6.51. The zero-order valence-electron chi connectivity index (χ0n) is 17.1. The average Bonchev–Trinajstić information content (AvgIpc) is 3.13. The topological polar surface area (TPSA) is 91.4 Å². The molecule has 164 valence electrons. The molecule has 10 heteroatoms. The minimum atomic E-state index is -3.58. The molecule has 1 aliphatic heterocycles. The van der Waals surface area contributed by atoms with Gasteiger partial charge in [0, 0.05) is 23.7 Å². The number of benzene rings is 2. The van der Waals surface area contributed by atoms with Gasteiger partial charge in [0.2, 0.25) is 15.2 Å². The third kappa shape index (κ3) is 4.85. The van der Waals surface area contributed by atoms with Crippen molar-refractivity contribution in [3.63, 3.8) is 0 Å². The smallest absolute Gasteiger partial charge is 0.269 e. The highest BCUT2D eigenvalue weighted by Crippen LogP contribution is 2.28. The number of fused-ring (bicyclic) bond motifs is 1. The molecule has 0 radical (unpaired) electrons. The number of rotatable bonds is 5. The van der Waals surface area contributed by atoms with Gasteiger partial charge in [0.1, 0.15) is 0 Å². The van der Waals surface area contributed by atoms with Crippen molar-refractivity contribution in [1.29, 1.82) is 0 Å². The Hall–Kier alpha value is -2.20. The van der Waals surface area contributed by atoms with Crippen molar-refractivity contribution in [2.75, 3.05) is 18.5 Å². The van der Waals surface area contributed by atoms with Crippen LogP contribution in [-0.2, 0) is 10.0 Å². The summed E-state index contributed by atoms with van der Waals surface area (Å²) in [4.78, 5) is 17.0. The molecular weight excluding hydrogens is 456 g/mol. The molecule has 7 nitrogen and oxygen atoms in total. The number of sulfonamides is 1. The summed E-state index contributed by atoms with van der Waals surface area (Å²) >= 11 is 7.35. The number of nitrogens with one attached hydrogen (secondary N) is 2. The van der Waals surface area contributed by atoms with Gasteiger partial charge >= 0.3 is 0 Å². The fourth-order valence-corrected chi connectivity index (χ4v) is 6.64. The van der Waals surface area contributed by atoms with Crippen LogP contribution in [0, 0.1) is 11.8 Å². The molecular formula is C21H23ClN4O3S2. The van der Waals surface area contributed by atoms with Crippen molar-refractivity contribution in [1.82, 2.24) is 14.7 Å². The van der Waals surface area contributed by atoms with E-state index in [1.54, 1.807) is 10.4 Å². The first kappa shape index (κ1) is 22.0. The molecule has 2 atom stereocenters. The molecule has 1 saturated heterocycles. The summed E-state index contributed by atoms with van der Waals surface area (Å²) in [6, 6.07) is 11.4. The number of carbonyl (C=O) groups is 1. The lowest BCUT2D eigenvalue weighted by atomic mass is 9.94. The molecule has 0 aliphatic carbocycles. The quantitative estimate of drug-likeness (QED) is 0.531. The van der Waals surface area contributed by atoms with Crippen LogP contribution in [0.15, 0.2) is 47.4 Å². The van der Waals surface area contributed by atoms with Crippen LogP contribution in [0.2, 0.25) is 5.02 Å². The number of hydrogen-bond donors (Lipinski definition) is 2. The molecule has 1 amide bonds. The van der Waals surface area contributed by atoms with Crippen LogP contribution < -0.4 is 10.9 Å². The number of hydrazine groups is 1. The molecule has 1 aromatic heterocycles. The number of amides is 1. The van der Waals surface area contributed by atoms with Gasteiger partial charge in [-0.05, 0) is 60.7 Å². The van der Waals surface area contributed by atoms with Crippen molar-refractivity contribution in [2.45, 2.75) is 25.2 Å². The second kappa shape index (κ2) is 8.74. The molecule has 0 unspecified atom stereocenters. The van der Waals surface area contributed by atoms with Gasteiger partial charge in [-0.25, -0.2) is 13.4 Å². The van der Waals surface area contributed by atoms with E-state index in [-0.39, 0.29) is 10.8 Å². The number of thiazole rings is 1. The minimum Gasteiger partial charge on any atom is -0.273 e. The predicted molar refractivity (Wildman–Crippen MR) is 124 cm³/mol. The van der Waals surface area contributed by atoms with Crippen molar-refractivity contribution < 1.29 is 13.2 Å². The monoisotopic (exact) mass is 478 g/mol. The number of halogens is 1. The maximum atomic E-state index is 13.0. The fourth-order valence-electron chi connectivity index (χ4n) is 3.86. The molecule has 0 bridgehead atoms. The van der Waals surface area contributed by atoms with Gasteiger partial charge in [0.25, 0.3) is 5.91 Å². The Morgan fingerprint density at radius 2 is 1.81 bits per heavy atom. The summed E-state index contributed by atoms with van der Waals surface area (Å²) < 4.78 is 28.4. The van der Waals surface area contributed by atoms with E-state index in [9.17, 15) is 13.2 Å². The van der Waals surface area contributed by atoms with Crippen molar-refractivity contribution in [2.24, 2.45) is 11.8 Å². The van der Waals surface area contributed by atoms with E-state index >= 15 is 0 Å². The largest absolute Gasteiger partial charge is 0.273 e. The standard InChI is InChI=1S/C21H23ClN4O3S2/c1-13-9-14(2)12-26(11-13)31(28,29)17-6-3-15(4-7-17)20(27)24-25-21-23-18-8-5-16(22)10-19(18)30-21/h3-8,10,13-14H,9,11-12H2,1-2H3,(H,23,25)(H,24,27)/t13-,14-/m0/s1. The van der Waals surface area contributed by atoms with Gasteiger partial charge in [0.15, 0.2) is 0 Å². The van der Waals surface area contributed by atoms with Crippen LogP contribution in [0.1, 0.15) is 30.6 Å². The molecule has 0 spiro atoms. The Morgan fingerprint density at radius 3 is 2.48 bits per heavy atom. The molecule has 4 rings (SSSR count). The Bertz CT molecular complexity index is 1200. The molecule has 2 aromatic carbocycles. The molecule has 2 N–H and O–H groups in total. The van der Waals surface area contributed by atoms with Crippen molar-refractivity contribution in [3.8, 4) is 0 Å². The number of hydrogen-bond acceptors (Lipinski definition) is 6. The van der Waals surface area contributed by atoms with E-state index in [2.05, 4.69) is 29.7 Å². The van der Waals surface area contributed by atoms with Gasteiger partial charge in [-0.1, -0.05) is 36.8 Å². The van der Waals surface area contributed by atoms with Crippen LogP contribution in [0.4, 0.5) is 5.13 Å². The van der Waals surface area contributed by atoms with Crippen molar-refractivity contribution in [3.05, 3.63) is 53.1 Å². The molecule has 1 fully saturated rings. The van der Waals surface area contributed by atoms with E-state index < -0.39 is 10.0 Å². The minimum absolute atomic E-state index is 0.196. The Kier molecular flexibility index (Phi) is 6.20. The Morgan fingerprint density at radius 1 is 1.13 bits per heavy atom. The lowest BCUT2D eigenvalue weighted by Gasteiger charge is -2.34. The number of anilines is 1. The lowest BCUT2D eigenvalue weighted by Crippen LogP contribution is -2.42. The lowest BCUT2D eigenvalue weighted by molar-refractivity contribution is 0.0962. The van der Waals surface area contributed by atoms with E-state index in [0.717, 1.165) is 16.6 Å². The van der Waals surface area contributed by atoms with E-state index in [1.807, 2.05) is 12.1 Å². The molecule has 3 aromatic rings. The number of nitrogens with zero attached hydrogens (tertiary/aromatic N) is 2. The van der Waals surface area contributed by atoms with Gasteiger partial charge in [-0.15, -0.1) is 0 Å². The average molecular weight is 479 g/mol. The molecule has 0 saturated carbocycles. The third-order valence-corrected chi connectivity index (χ3v) is 8.24. The van der Waals surface area contributed by atoms with E-state index in [0.29, 0.717) is 40.6 Å². The summed E-state index contributed by atoms with van der Waals surface area (Å²) in [5, 5.41) is 1.15. The predicted octanol–water partition coefficient (Wildman–Crippen LogP) is 4.37.